The highest BCUT2D eigenvalue weighted by Gasteiger charge is 2.43. The second kappa shape index (κ2) is 5.67. The highest BCUT2D eigenvalue weighted by atomic mass is 35.5. The van der Waals surface area contributed by atoms with Crippen molar-refractivity contribution in [3.8, 4) is 0 Å². The summed E-state index contributed by atoms with van der Waals surface area (Å²) in [6.07, 6.45) is 4.78. The van der Waals surface area contributed by atoms with Crippen molar-refractivity contribution in [2.75, 3.05) is 7.05 Å². The van der Waals surface area contributed by atoms with Crippen molar-refractivity contribution in [2.24, 2.45) is 0 Å². The number of benzene rings is 1. The zero-order chi connectivity index (χ0) is 14.6. The van der Waals surface area contributed by atoms with Crippen molar-refractivity contribution in [3.05, 3.63) is 40.3 Å². The molecule has 2 saturated heterocycles. The van der Waals surface area contributed by atoms with Crippen LogP contribution in [0, 0.1) is 6.92 Å². The van der Waals surface area contributed by atoms with E-state index in [2.05, 4.69) is 12.1 Å². The van der Waals surface area contributed by atoms with Gasteiger partial charge in [0.05, 0.1) is 36.3 Å². The average Bonchev–Trinajstić information content (AvgIpc) is 2.73. The van der Waals surface area contributed by atoms with Crippen molar-refractivity contribution >= 4 is 10.8 Å². The molecule has 5 heteroatoms. The molecule has 0 saturated carbocycles. The molecule has 2 fully saturated rings. The molecule has 2 aromatic rings. The largest absolute Gasteiger partial charge is 1.00 e. The van der Waals surface area contributed by atoms with E-state index in [0.717, 1.165) is 29.3 Å². The fourth-order valence-corrected chi connectivity index (χ4v) is 4.37. The Kier molecular flexibility index (Phi) is 4.00. The number of piperidine rings is 1. The molecule has 4 nitrogen and oxygen atoms in total. The number of aromatic nitrogens is 2. The van der Waals surface area contributed by atoms with Crippen LogP contribution >= 0.6 is 0 Å². The standard InChI is InChI=1S/C17H21N3O.ClH/c1-11-15-5-3-4-6-16(15)17(21)20(18-11)14-9-12-7-8-13(10-14)19(12)2;/h3-6,12-14H,7-10H2,1-2H3;1H. The molecule has 118 valence electrons. The summed E-state index contributed by atoms with van der Waals surface area (Å²) in [6.45, 7) is 2.01. The third-order valence-corrected chi connectivity index (χ3v) is 5.62. The number of hydrogen-bond donors (Lipinski definition) is 1. The zero-order valence-corrected chi connectivity index (χ0v) is 13.8. The Balaban J connectivity index is 0.00000144. The maximum absolute atomic E-state index is 12.8. The lowest BCUT2D eigenvalue weighted by molar-refractivity contribution is -0.923. The predicted molar refractivity (Wildman–Crippen MR) is 82.7 cm³/mol. The van der Waals surface area contributed by atoms with E-state index in [1.165, 1.54) is 12.8 Å². The Bertz CT molecular complexity index is 743. The average molecular weight is 320 g/mol. The van der Waals surface area contributed by atoms with Gasteiger partial charge < -0.3 is 17.3 Å². The first-order valence-electron chi connectivity index (χ1n) is 7.96. The Morgan fingerprint density at radius 1 is 1.14 bits per heavy atom. The molecule has 0 radical (unpaired) electrons. The quantitative estimate of drug-likeness (QED) is 0.666. The van der Waals surface area contributed by atoms with Crippen molar-refractivity contribution < 1.29 is 17.3 Å². The van der Waals surface area contributed by atoms with Gasteiger partial charge in [-0.1, -0.05) is 18.2 Å². The molecule has 0 spiro atoms. The molecule has 0 amide bonds. The molecule has 2 bridgehead atoms. The summed E-state index contributed by atoms with van der Waals surface area (Å²) in [5.41, 5.74) is 1.05. The summed E-state index contributed by atoms with van der Waals surface area (Å²) >= 11 is 0. The Labute approximate surface area is 136 Å². The van der Waals surface area contributed by atoms with Gasteiger partial charge in [0.1, 0.15) is 0 Å². The number of quaternary nitrogens is 1. The summed E-state index contributed by atoms with van der Waals surface area (Å²) in [7, 11) is 2.31. The van der Waals surface area contributed by atoms with E-state index in [1.807, 2.05) is 31.2 Å². The molecule has 2 atom stereocenters. The number of halogens is 1. The van der Waals surface area contributed by atoms with Gasteiger partial charge in [-0.15, -0.1) is 0 Å². The second-order valence-corrected chi connectivity index (χ2v) is 6.72. The highest BCUT2D eigenvalue weighted by Crippen LogP contribution is 2.29. The zero-order valence-electron chi connectivity index (χ0n) is 13.1. The number of nitrogens with one attached hydrogen (secondary N) is 1. The van der Waals surface area contributed by atoms with Crippen LogP contribution in [0.1, 0.15) is 37.4 Å². The van der Waals surface area contributed by atoms with Crippen molar-refractivity contribution in [1.82, 2.24) is 9.78 Å². The molecule has 1 aromatic heterocycles. The van der Waals surface area contributed by atoms with Crippen LogP contribution in [-0.2, 0) is 0 Å². The summed E-state index contributed by atoms with van der Waals surface area (Å²) in [4.78, 5) is 14.5. The van der Waals surface area contributed by atoms with Crippen molar-refractivity contribution in [3.63, 3.8) is 0 Å². The number of aryl methyl sites for hydroxylation is 1. The third kappa shape index (κ3) is 2.25. The van der Waals surface area contributed by atoms with Crippen LogP contribution in [0.2, 0.25) is 0 Å². The van der Waals surface area contributed by atoms with E-state index in [0.29, 0.717) is 12.1 Å². The van der Waals surface area contributed by atoms with Crippen LogP contribution in [0.5, 0.6) is 0 Å². The van der Waals surface area contributed by atoms with Crippen LogP contribution in [0.25, 0.3) is 10.8 Å². The van der Waals surface area contributed by atoms with Crippen LogP contribution in [0.3, 0.4) is 0 Å². The minimum atomic E-state index is 0. The second-order valence-electron chi connectivity index (χ2n) is 6.72. The number of hydrogen-bond acceptors (Lipinski definition) is 2. The molecule has 3 heterocycles. The van der Waals surface area contributed by atoms with Gasteiger partial charge >= 0.3 is 0 Å². The summed E-state index contributed by atoms with van der Waals surface area (Å²) in [5.74, 6) is 0. The maximum Gasteiger partial charge on any atom is 0.274 e. The van der Waals surface area contributed by atoms with Gasteiger partial charge in [-0.2, -0.15) is 5.10 Å². The van der Waals surface area contributed by atoms with Crippen LogP contribution in [-0.4, -0.2) is 28.9 Å². The van der Waals surface area contributed by atoms with Gasteiger partial charge in [-0.3, -0.25) is 4.79 Å². The first-order chi connectivity index (χ1) is 10.1. The summed E-state index contributed by atoms with van der Waals surface area (Å²) in [5, 5.41) is 6.44. The Morgan fingerprint density at radius 3 is 2.36 bits per heavy atom. The number of rotatable bonds is 1. The third-order valence-electron chi connectivity index (χ3n) is 5.62. The van der Waals surface area contributed by atoms with Gasteiger partial charge in [0, 0.05) is 31.1 Å². The molecular formula is C17H22ClN3O. The normalized spacial score (nSPS) is 30.3. The first kappa shape index (κ1) is 15.5. The molecule has 22 heavy (non-hydrogen) atoms. The highest BCUT2D eigenvalue weighted by molar-refractivity contribution is 5.83. The van der Waals surface area contributed by atoms with Crippen molar-refractivity contribution in [1.29, 1.82) is 0 Å². The summed E-state index contributed by atoms with van der Waals surface area (Å²) in [6, 6.07) is 9.52. The topological polar surface area (TPSA) is 39.3 Å². The van der Waals surface area contributed by atoms with E-state index in [9.17, 15) is 4.79 Å². The van der Waals surface area contributed by atoms with Gasteiger partial charge in [0.15, 0.2) is 0 Å². The first-order valence-corrected chi connectivity index (χ1v) is 7.96. The maximum atomic E-state index is 12.8. The Morgan fingerprint density at radius 2 is 1.73 bits per heavy atom. The molecule has 2 aliphatic heterocycles. The fourth-order valence-electron chi connectivity index (χ4n) is 4.37. The van der Waals surface area contributed by atoms with Gasteiger partial charge in [-0.05, 0) is 13.0 Å². The van der Waals surface area contributed by atoms with E-state index >= 15 is 0 Å². The Hall–Kier alpha value is -1.39. The molecule has 4 rings (SSSR count). The lowest BCUT2D eigenvalue weighted by Gasteiger charge is -2.33. The van der Waals surface area contributed by atoms with Crippen LogP contribution < -0.4 is 22.9 Å². The fraction of sp³-hybridized carbons (Fsp3) is 0.529. The minimum Gasteiger partial charge on any atom is -1.00 e. The molecule has 2 aliphatic rings. The van der Waals surface area contributed by atoms with E-state index in [4.69, 9.17) is 0 Å². The monoisotopic (exact) mass is 319 g/mol. The molecule has 1 aromatic carbocycles. The van der Waals surface area contributed by atoms with Gasteiger partial charge in [0.2, 0.25) is 0 Å². The van der Waals surface area contributed by atoms with Crippen LogP contribution in [0.4, 0.5) is 0 Å². The number of fused-ring (bicyclic) bond motifs is 3. The van der Waals surface area contributed by atoms with Gasteiger partial charge in [0.25, 0.3) is 5.56 Å². The molecule has 0 aliphatic carbocycles. The van der Waals surface area contributed by atoms with Gasteiger partial charge in [-0.25, -0.2) is 4.68 Å². The van der Waals surface area contributed by atoms with E-state index in [-0.39, 0.29) is 24.0 Å². The van der Waals surface area contributed by atoms with Crippen molar-refractivity contribution in [2.45, 2.75) is 50.7 Å². The SMILES string of the molecule is Cc1nn(C2CC3CCC(C2)[NH+]3C)c(=O)c2ccccc12.[Cl-]. The van der Waals surface area contributed by atoms with E-state index < -0.39 is 0 Å². The van der Waals surface area contributed by atoms with Crippen LogP contribution in [0.15, 0.2) is 29.1 Å². The lowest BCUT2D eigenvalue weighted by atomic mass is 9.98. The number of nitrogens with zero attached hydrogens (tertiary/aromatic N) is 2. The minimum absolute atomic E-state index is 0. The van der Waals surface area contributed by atoms with E-state index in [1.54, 1.807) is 9.58 Å². The molecule has 2 unspecified atom stereocenters. The molecular weight excluding hydrogens is 298 g/mol. The lowest BCUT2D eigenvalue weighted by Crippen LogP contribution is -3.15. The smallest absolute Gasteiger partial charge is 0.274 e. The summed E-state index contributed by atoms with van der Waals surface area (Å²) < 4.78 is 1.79. The molecule has 1 N–H and O–H groups in total. The predicted octanol–water partition coefficient (Wildman–Crippen LogP) is -1.91.